The number of nitrogens with one attached hydrogen (secondary N) is 3. The van der Waals surface area contributed by atoms with E-state index >= 15 is 0 Å². The first-order valence-corrected chi connectivity index (χ1v) is 8.61. The number of guanidine groups is 1. The highest BCUT2D eigenvalue weighted by molar-refractivity contribution is 5.86. The van der Waals surface area contributed by atoms with Crippen molar-refractivity contribution in [2.24, 2.45) is 16.5 Å². The molecule has 172 valence electrons. The Morgan fingerprint density at radius 1 is 1.10 bits per heavy atom. The monoisotopic (exact) mass is 442 g/mol. The lowest BCUT2D eigenvalue weighted by molar-refractivity contribution is -0.163. The fourth-order valence-electron chi connectivity index (χ4n) is 2.25. The average Bonchev–Trinajstić information content (AvgIpc) is 2.57. The van der Waals surface area contributed by atoms with Gasteiger partial charge in [0.2, 0.25) is 11.8 Å². The molecule has 12 nitrogen and oxygen atoms in total. The summed E-state index contributed by atoms with van der Waals surface area (Å²) in [6.07, 6.45) is -5.84. The normalized spacial score (nSPS) is 14.1. The number of amides is 2. The molecule has 9 N–H and O–H groups in total. The number of nitrogens with two attached hydrogens (primary N) is 2. The zero-order valence-corrected chi connectivity index (χ0v) is 16.0. The maximum absolute atomic E-state index is 13.2. The Labute approximate surface area is 169 Å². The number of alkyl halides is 3. The van der Waals surface area contributed by atoms with Gasteiger partial charge in [0.25, 0.3) is 0 Å². The molecule has 0 saturated heterocycles. The van der Waals surface area contributed by atoms with Crippen molar-refractivity contribution in [1.82, 2.24) is 16.0 Å². The van der Waals surface area contributed by atoms with Crippen molar-refractivity contribution in [3.63, 3.8) is 0 Å². The number of carbonyl (C=O) groups excluding carboxylic acids is 2. The summed E-state index contributed by atoms with van der Waals surface area (Å²) in [5.74, 6) is -5.16. The lowest BCUT2D eigenvalue weighted by Crippen LogP contribution is -2.57. The molecule has 0 bridgehead atoms. The van der Waals surface area contributed by atoms with E-state index in [4.69, 9.17) is 21.7 Å². The fraction of sp³-hybridized carbons (Fsp3) is 0.667. The number of halogens is 3. The van der Waals surface area contributed by atoms with Gasteiger partial charge in [-0.3, -0.25) is 29.5 Å². The Hall–Kier alpha value is -3.10. The van der Waals surface area contributed by atoms with Crippen molar-refractivity contribution < 1.29 is 42.6 Å². The van der Waals surface area contributed by atoms with Gasteiger partial charge in [0.05, 0.1) is 6.42 Å². The van der Waals surface area contributed by atoms with Gasteiger partial charge in [0.15, 0.2) is 5.96 Å². The van der Waals surface area contributed by atoms with E-state index in [0.29, 0.717) is 0 Å². The molecule has 0 fully saturated rings. The molecule has 0 aliphatic carbocycles. The van der Waals surface area contributed by atoms with Crippen LogP contribution in [0.25, 0.3) is 0 Å². The highest BCUT2D eigenvalue weighted by Crippen LogP contribution is 2.20. The summed E-state index contributed by atoms with van der Waals surface area (Å²) in [6.45, 7) is 0.142. The van der Waals surface area contributed by atoms with Crippen molar-refractivity contribution >= 4 is 29.7 Å². The standard InChI is InChI=1S/C15H25F3N6O6/c1-7(25)23-8(3-2-4-21-14(19)20)12(28)22-6-10(15(16,17)18)24-9(13(29)30)5-11(26)27/h8-10,24H,2-6H2,1H3,(H,22,28)(H,23,25)(H,26,27)(H,29,30)(H4,19,20,21)/t8-,9-,10-/m0/s1. The van der Waals surface area contributed by atoms with Crippen LogP contribution in [0.15, 0.2) is 4.99 Å². The maximum atomic E-state index is 13.2. The number of carboxylic acids is 2. The van der Waals surface area contributed by atoms with Crippen LogP contribution in [0.5, 0.6) is 0 Å². The van der Waals surface area contributed by atoms with E-state index in [2.05, 4.69) is 10.3 Å². The molecule has 0 unspecified atom stereocenters. The van der Waals surface area contributed by atoms with E-state index in [0.717, 1.165) is 6.92 Å². The lowest BCUT2D eigenvalue weighted by Gasteiger charge is -2.26. The van der Waals surface area contributed by atoms with E-state index in [1.807, 2.05) is 5.32 Å². The van der Waals surface area contributed by atoms with Gasteiger partial charge in [-0.25, -0.2) is 0 Å². The minimum Gasteiger partial charge on any atom is -0.481 e. The SMILES string of the molecule is CC(=O)N[C@@H](CCCN=C(N)N)C(=O)NC[C@H](N[C@@H](CC(=O)O)C(=O)O)C(F)(F)F. The summed E-state index contributed by atoms with van der Waals surface area (Å²) in [5, 5.41) is 23.5. The molecule has 15 heteroatoms. The van der Waals surface area contributed by atoms with Crippen LogP contribution < -0.4 is 27.4 Å². The number of carboxylic acid groups (broad SMARTS) is 2. The number of aliphatic imine (C=N–C) groups is 1. The number of rotatable bonds is 13. The third-order valence-electron chi connectivity index (χ3n) is 3.59. The van der Waals surface area contributed by atoms with Crippen LogP contribution in [0.4, 0.5) is 13.2 Å². The quantitative estimate of drug-likeness (QED) is 0.0964. The summed E-state index contributed by atoms with van der Waals surface area (Å²) >= 11 is 0. The van der Waals surface area contributed by atoms with Crippen LogP contribution in [0, 0.1) is 0 Å². The predicted molar refractivity (Wildman–Crippen MR) is 97.2 cm³/mol. The topological polar surface area (TPSA) is 209 Å². The zero-order chi connectivity index (χ0) is 23.5. The number of aliphatic carboxylic acids is 2. The van der Waals surface area contributed by atoms with Gasteiger partial charge in [-0.1, -0.05) is 0 Å². The number of carbonyl (C=O) groups is 4. The number of hydrogen-bond acceptors (Lipinski definition) is 6. The first kappa shape index (κ1) is 26.9. The van der Waals surface area contributed by atoms with Crippen molar-refractivity contribution in [3.05, 3.63) is 0 Å². The number of hydrogen-bond donors (Lipinski definition) is 7. The average molecular weight is 442 g/mol. The first-order valence-electron chi connectivity index (χ1n) is 8.61. The van der Waals surface area contributed by atoms with Crippen LogP contribution in [-0.2, 0) is 19.2 Å². The van der Waals surface area contributed by atoms with E-state index < -0.39 is 61.0 Å². The van der Waals surface area contributed by atoms with Crippen LogP contribution >= 0.6 is 0 Å². The van der Waals surface area contributed by atoms with Crippen molar-refractivity contribution in [2.45, 2.75) is 50.5 Å². The highest BCUT2D eigenvalue weighted by Gasteiger charge is 2.42. The molecule has 2 amide bonds. The second kappa shape index (κ2) is 12.5. The molecule has 0 radical (unpaired) electrons. The Balaban J connectivity index is 5.11. The van der Waals surface area contributed by atoms with Crippen molar-refractivity contribution in [1.29, 1.82) is 0 Å². The maximum Gasteiger partial charge on any atom is 0.405 e. The van der Waals surface area contributed by atoms with E-state index in [1.54, 1.807) is 5.32 Å². The van der Waals surface area contributed by atoms with Gasteiger partial charge in [0, 0.05) is 20.0 Å². The second-order valence-corrected chi connectivity index (χ2v) is 6.20. The Bertz CT molecular complexity index is 653. The molecule has 0 aliphatic rings. The highest BCUT2D eigenvalue weighted by atomic mass is 19.4. The fourth-order valence-corrected chi connectivity index (χ4v) is 2.25. The summed E-state index contributed by atoms with van der Waals surface area (Å²) < 4.78 is 39.6. The third-order valence-corrected chi connectivity index (χ3v) is 3.59. The largest absolute Gasteiger partial charge is 0.481 e. The molecule has 0 aromatic carbocycles. The summed E-state index contributed by atoms with van der Waals surface area (Å²) in [4.78, 5) is 48.8. The Morgan fingerprint density at radius 2 is 1.70 bits per heavy atom. The number of nitrogens with zero attached hydrogens (tertiary/aromatic N) is 1. The molecule has 0 aromatic rings. The smallest absolute Gasteiger partial charge is 0.405 e. The molecule has 0 aromatic heterocycles. The van der Waals surface area contributed by atoms with Gasteiger partial charge in [-0.2, -0.15) is 13.2 Å². The van der Waals surface area contributed by atoms with E-state index in [-0.39, 0.29) is 25.3 Å². The minimum absolute atomic E-state index is 0.0169. The molecule has 0 saturated carbocycles. The molecular weight excluding hydrogens is 417 g/mol. The van der Waals surface area contributed by atoms with Gasteiger partial charge >= 0.3 is 18.1 Å². The zero-order valence-electron chi connectivity index (χ0n) is 16.0. The summed E-state index contributed by atoms with van der Waals surface area (Å²) in [7, 11) is 0. The molecule has 0 heterocycles. The van der Waals surface area contributed by atoms with Crippen LogP contribution in [0.3, 0.4) is 0 Å². The minimum atomic E-state index is -4.99. The molecule has 0 spiro atoms. The first-order chi connectivity index (χ1) is 13.7. The van der Waals surface area contributed by atoms with E-state index in [1.165, 1.54) is 0 Å². The Kier molecular flexibility index (Phi) is 11.2. The van der Waals surface area contributed by atoms with Crippen LogP contribution in [0.1, 0.15) is 26.2 Å². The second-order valence-electron chi connectivity index (χ2n) is 6.20. The summed E-state index contributed by atoms with van der Waals surface area (Å²) in [6, 6.07) is -5.75. The molecular formula is C15H25F3N6O6. The molecule has 3 atom stereocenters. The molecule has 0 aliphatic heterocycles. The summed E-state index contributed by atoms with van der Waals surface area (Å²) in [5.41, 5.74) is 10.3. The lowest BCUT2D eigenvalue weighted by atomic mass is 10.1. The molecule has 0 rings (SSSR count). The Morgan fingerprint density at radius 3 is 2.13 bits per heavy atom. The van der Waals surface area contributed by atoms with Crippen LogP contribution in [0.2, 0.25) is 0 Å². The third kappa shape index (κ3) is 11.7. The van der Waals surface area contributed by atoms with Gasteiger partial charge < -0.3 is 32.3 Å². The van der Waals surface area contributed by atoms with E-state index in [9.17, 15) is 32.3 Å². The van der Waals surface area contributed by atoms with Crippen molar-refractivity contribution in [3.8, 4) is 0 Å². The predicted octanol–water partition coefficient (Wildman–Crippen LogP) is -1.89. The van der Waals surface area contributed by atoms with Gasteiger partial charge in [0.1, 0.15) is 18.1 Å². The molecule has 30 heavy (non-hydrogen) atoms. The van der Waals surface area contributed by atoms with Gasteiger partial charge in [-0.15, -0.1) is 0 Å². The van der Waals surface area contributed by atoms with Crippen LogP contribution in [-0.4, -0.2) is 77.3 Å². The van der Waals surface area contributed by atoms with Crippen molar-refractivity contribution in [2.75, 3.05) is 13.1 Å². The van der Waals surface area contributed by atoms with Gasteiger partial charge in [-0.05, 0) is 12.8 Å².